The van der Waals surface area contributed by atoms with Crippen LogP contribution in [0.1, 0.15) is 5.56 Å². The molecule has 2 aromatic carbocycles. The van der Waals surface area contributed by atoms with E-state index < -0.39 is 5.82 Å². The number of methoxy groups -OCH3 is 1. The van der Waals surface area contributed by atoms with Crippen molar-refractivity contribution in [2.24, 2.45) is 0 Å². The number of rotatable bonds is 4. The summed E-state index contributed by atoms with van der Waals surface area (Å²) in [7, 11) is 1.61. The van der Waals surface area contributed by atoms with Gasteiger partial charge in [0.15, 0.2) is 0 Å². The lowest BCUT2D eigenvalue weighted by Crippen LogP contribution is -1.96. The second kappa shape index (κ2) is 6.26. The highest BCUT2D eigenvalue weighted by Gasteiger charge is 2.04. The second-order valence-corrected chi connectivity index (χ2v) is 5.10. The van der Waals surface area contributed by atoms with Crippen LogP contribution < -0.4 is 9.47 Å². The van der Waals surface area contributed by atoms with Gasteiger partial charge < -0.3 is 9.47 Å². The van der Waals surface area contributed by atoms with Crippen LogP contribution in [0.5, 0.6) is 11.5 Å². The first-order chi connectivity index (χ1) is 9.10. The van der Waals surface area contributed by atoms with Crippen LogP contribution in [0.2, 0.25) is 5.02 Å². The van der Waals surface area contributed by atoms with E-state index in [4.69, 9.17) is 21.1 Å². The zero-order valence-electron chi connectivity index (χ0n) is 10.1. The minimum absolute atomic E-state index is 0.0495. The average Bonchev–Trinajstić information content (AvgIpc) is 2.40. The summed E-state index contributed by atoms with van der Waals surface area (Å²) in [5.41, 5.74) is 0.966. The van der Waals surface area contributed by atoms with E-state index in [0.29, 0.717) is 12.4 Å². The Balaban J connectivity index is 2.05. The molecular weight excluding hydrogens is 335 g/mol. The molecule has 0 atom stereocenters. The van der Waals surface area contributed by atoms with Crippen LogP contribution in [0.3, 0.4) is 0 Å². The molecular formula is C14H11BrClFO2. The van der Waals surface area contributed by atoms with Gasteiger partial charge in [0.2, 0.25) is 0 Å². The number of hydrogen-bond acceptors (Lipinski definition) is 2. The normalized spacial score (nSPS) is 10.3. The summed E-state index contributed by atoms with van der Waals surface area (Å²) in [6, 6.07) is 9.93. The summed E-state index contributed by atoms with van der Waals surface area (Å²) in [4.78, 5) is 0. The molecule has 2 aromatic rings. The average molecular weight is 346 g/mol. The van der Waals surface area contributed by atoms with Crippen molar-refractivity contribution in [2.75, 3.05) is 7.11 Å². The molecule has 19 heavy (non-hydrogen) atoms. The van der Waals surface area contributed by atoms with E-state index in [-0.39, 0.29) is 5.02 Å². The van der Waals surface area contributed by atoms with Crippen molar-refractivity contribution in [3.05, 3.63) is 57.3 Å². The Morgan fingerprint density at radius 2 is 2.00 bits per heavy atom. The minimum atomic E-state index is -0.457. The summed E-state index contributed by atoms with van der Waals surface area (Å²) in [5, 5.41) is 0.0495. The molecule has 0 bridgehead atoms. The van der Waals surface area contributed by atoms with Crippen LogP contribution in [0, 0.1) is 5.82 Å². The molecule has 100 valence electrons. The Bertz CT molecular complexity index is 590. The topological polar surface area (TPSA) is 18.5 Å². The van der Waals surface area contributed by atoms with E-state index in [1.54, 1.807) is 13.2 Å². The Labute approximate surface area is 124 Å². The van der Waals surface area contributed by atoms with Gasteiger partial charge in [-0.3, -0.25) is 0 Å². The second-order valence-electron chi connectivity index (χ2n) is 3.83. The minimum Gasteiger partial charge on any atom is -0.496 e. The molecule has 0 amide bonds. The molecule has 0 saturated heterocycles. The van der Waals surface area contributed by atoms with Crippen molar-refractivity contribution in [3.63, 3.8) is 0 Å². The predicted molar refractivity (Wildman–Crippen MR) is 76.4 cm³/mol. The fourth-order valence-corrected chi connectivity index (χ4v) is 2.29. The van der Waals surface area contributed by atoms with Gasteiger partial charge in [0.25, 0.3) is 0 Å². The summed E-state index contributed by atoms with van der Waals surface area (Å²) in [5.74, 6) is 0.827. The number of ether oxygens (including phenoxy) is 2. The van der Waals surface area contributed by atoms with E-state index >= 15 is 0 Å². The molecule has 0 aliphatic rings. The molecule has 0 unspecified atom stereocenters. The molecule has 0 aromatic heterocycles. The maximum Gasteiger partial charge on any atom is 0.142 e. The molecule has 0 aliphatic heterocycles. The van der Waals surface area contributed by atoms with E-state index in [1.165, 1.54) is 12.1 Å². The molecule has 0 heterocycles. The molecule has 0 fully saturated rings. The van der Waals surface area contributed by atoms with Crippen molar-refractivity contribution < 1.29 is 13.9 Å². The van der Waals surface area contributed by atoms with E-state index in [1.807, 2.05) is 18.2 Å². The fraction of sp³-hybridized carbons (Fsp3) is 0.143. The summed E-state index contributed by atoms with van der Waals surface area (Å²) >= 11 is 9.08. The van der Waals surface area contributed by atoms with Gasteiger partial charge in [-0.25, -0.2) is 4.39 Å². The van der Waals surface area contributed by atoms with Crippen molar-refractivity contribution in [1.82, 2.24) is 0 Å². The van der Waals surface area contributed by atoms with Crippen LogP contribution in [0.4, 0.5) is 4.39 Å². The van der Waals surface area contributed by atoms with Gasteiger partial charge in [0.1, 0.15) is 23.9 Å². The number of benzene rings is 2. The van der Waals surface area contributed by atoms with Crippen molar-refractivity contribution >= 4 is 27.5 Å². The van der Waals surface area contributed by atoms with Crippen LogP contribution in [-0.2, 0) is 6.61 Å². The van der Waals surface area contributed by atoms with E-state index in [9.17, 15) is 4.39 Å². The number of halogens is 3. The first-order valence-corrected chi connectivity index (χ1v) is 6.67. The molecule has 0 aliphatic carbocycles. The van der Waals surface area contributed by atoms with Gasteiger partial charge in [-0.1, -0.05) is 17.7 Å². The zero-order valence-corrected chi connectivity index (χ0v) is 12.5. The lowest BCUT2D eigenvalue weighted by Gasteiger charge is -2.09. The first-order valence-electron chi connectivity index (χ1n) is 5.50. The van der Waals surface area contributed by atoms with Gasteiger partial charge in [-0.05, 0) is 45.8 Å². The monoisotopic (exact) mass is 344 g/mol. The van der Waals surface area contributed by atoms with Gasteiger partial charge in [-0.2, -0.15) is 0 Å². The maximum absolute atomic E-state index is 13.0. The SMILES string of the molecule is COc1ccc(COc2ccc(F)c(Cl)c2)cc1Br. The Morgan fingerprint density at radius 3 is 2.63 bits per heavy atom. The molecule has 0 radical (unpaired) electrons. The molecule has 5 heteroatoms. The van der Waals surface area contributed by atoms with Gasteiger partial charge in [0, 0.05) is 6.07 Å². The third-order valence-corrected chi connectivity index (χ3v) is 3.42. The van der Waals surface area contributed by atoms with Crippen LogP contribution in [-0.4, -0.2) is 7.11 Å². The maximum atomic E-state index is 13.0. The first kappa shape index (κ1) is 14.2. The highest BCUT2D eigenvalue weighted by molar-refractivity contribution is 9.10. The molecule has 0 N–H and O–H groups in total. The van der Waals surface area contributed by atoms with Crippen LogP contribution in [0.15, 0.2) is 40.9 Å². The highest BCUT2D eigenvalue weighted by Crippen LogP contribution is 2.26. The third kappa shape index (κ3) is 3.61. The lowest BCUT2D eigenvalue weighted by atomic mass is 10.2. The Hall–Kier alpha value is -1.26. The molecule has 2 nitrogen and oxygen atoms in total. The Morgan fingerprint density at radius 1 is 1.21 bits per heavy atom. The van der Waals surface area contributed by atoms with Gasteiger partial charge in [-0.15, -0.1) is 0 Å². The van der Waals surface area contributed by atoms with E-state index in [2.05, 4.69) is 15.9 Å². The fourth-order valence-electron chi connectivity index (χ4n) is 1.53. The van der Waals surface area contributed by atoms with Crippen LogP contribution >= 0.6 is 27.5 Å². The third-order valence-electron chi connectivity index (χ3n) is 2.51. The summed E-state index contributed by atoms with van der Waals surface area (Å²) < 4.78 is 24.5. The largest absolute Gasteiger partial charge is 0.496 e. The van der Waals surface area contributed by atoms with Gasteiger partial charge >= 0.3 is 0 Å². The smallest absolute Gasteiger partial charge is 0.142 e. The van der Waals surface area contributed by atoms with Crippen molar-refractivity contribution in [3.8, 4) is 11.5 Å². The number of hydrogen-bond donors (Lipinski definition) is 0. The highest BCUT2D eigenvalue weighted by atomic mass is 79.9. The lowest BCUT2D eigenvalue weighted by molar-refractivity contribution is 0.305. The van der Waals surface area contributed by atoms with Crippen molar-refractivity contribution in [1.29, 1.82) is 0 Å². The molecule has 2 rings (SSSR count). The van der Waals surface area contributed by atoms with E-state index in [0.717, 1.165) is 15.8 Å². The molecule has 0 spiro atoms. The van der Waals surface area contributed by atoms with Crippen LogP contribution in [0.25, 0.3) is 0 Å². The quantitative estimate of drug-likeness (QED) is 0.790. The standard InChI is InChI=1S/C14H11BrClFO2/c1-18-14-5-2-9(6-11(14)15)8-19-10-3-4-13(17)12(16)7-10/h2-7H,8H2,1H3. The summed E-state index contributed by atoms with van der Waals surface area (Å²) in [6.07, 6.45) is 0. The van der Waals surface area contributed by atoms with Gasteiger partial charge in [0.05, 0.1) is 16.6 Å². The predicted octanol–water partition coefficient (Wildman–Crippen LogP) is 4.83. The zero-order chi connectivity index (χ0) is 13.8. The molecule has 0 saturated carbocycles. The Kier molecular flexibility index (Phi) is 4.66. The van der Waals surface area contributed by atoms with Crippen molar-refractivity contribution in [2.45, 2.75) is 6.61 Å². The summed E-state index contributed by atoms with van der Waals surface area (Å²) in [6.45, 7) is 0.366.